The summed E-state index contributed by atoms with van der Waals surface area (Å²) in [4.78, 5) is 13.6. The van der Waals surface area contributed by atoms with Gasteiger partial charge in [0, 0.05) is 13.1 Å². The molecule has 0 radical (unpaired) electrons. The maximum atomic E-state index is 11.7. The van der Waals surface area contributed by atoms with E-state index in [0.717, 1.165) is 18.4 Å². The molecule has 1 saturated carbocycles. The van der Waals surface area contributed by atoms with Gasteiger partial charge in [0.15, 0.2) is 0 Å². The molecule has 0 saturated heterocycles. The molecule has 1 aliphatic carbocycles. The van der Waals surface area contributed by atoms with Crippen LogP contribution in [0.1, 0.15) is 18.4 Å². The molecule has 0 unspecified atom stereocenters. The number of aromatic hydroxyl groups is 1. The molecule has 0 aromatic heterocycles. The smallest absolute Gasteiger partial charge is 0.226 e. The highest BCUT2D eigenvalue weighted by molar-refractivity contribution is 5.79. The molecule has 1 aromatic rings. The van der Waals surface area contributed by atoms with Crippen LogP contribution in [-0.2, 0) is 11.2 Å². The third kappa shape index (κ3) is 2.49. The number of carbonyl (C=O) groups excluding carboxylic acids is 1. The Morgan fingerprint density at radius 3 is 2.87 bits per heavy atom. The molecule has 2 rings (SSSR count). The highest BCUT2D eigenvalue weighted by Crippen LogP contribution is 2.26. The molecule has 0 spiro atoms. The van der Waals surface area contributed by atoms with Gasteiger partial charge >= 0.3 is 0 Å². The largest absolute Gasteiger partial charge is 0.508 e. The van der Waals surface area contributed by atoms with E-state index in [9.17, 15) is 9.90 Å². The Morgan fingerprint density at radius 1 is 1.53 bits per heavy atom. The number of phenols is 1. The minimum absolute atomic E-state index is 0.128. The second-order valence-corrected chi connectivity index (χ2v) is 4.08. The van der Waals surface area contributed by atoms with E-state index >= 15 is 0 Å². The van der Waals surface area contributed by atoms with Crippen molar-refractivity contribution in [2.75, 3.05) is 7.05 Å². The first-order chi connectivity index (χ1) is 7.16. The number of benzene rings is 1. The molecule has 80 valence electrons. The van der Waals surface area contributed by atoms with Gasteiger partial charge < -0.3 is 10.0 Å². The number of phenolic OH excluding ortho intramolecular Hbond substituents is 1. The Balaban J connectivity index is 1.98. The molecule has 1 fully saturated rings. The van der Waals surface area contributed by atoms with E-state index in [1.807, 2.05) is 18.0 Å². The zero-order valence-electron chi connectivity index (χ0n) is 8.81. The van der Waals surface area contributed by atoms with Crippen LogP contribution in [0.4, 0.5) is 0 Å². The topological polar surface area (TPSA) is 40.5 Å². The van der Waals surface area contributed by atoms with E-state index in [4.69, 9.17) is 0 Å². The SMILES string of the molecule is CN(C(=O)Cc1cccc(O)c1)C1CC1. The second-order valence-electron chi connectivity index (χ2n) is 4.08. The van der Waals surface area contributed by atoms with Gasteiger partial charge in [0.1, 0.15) is 5.75 Å². The van der Waals surface area contributed by atoms with Crippen LogP contribution in [0.15, 0.2) is 24.3 Å². The van der Waals surface area contributed by atoms with Gasteiger partial charge in [-0.1, -0.05) is 12.1 Å². The minimum atomic E-state index is 0.128. The van der Waals surface area contributed by atoms with E-state index in [1.165, 1.54) is 0 Å². The first-order valence-electron chi connectivity index (χ1n) is 5.20. The van der Waals surface area contributed by atoms with Crippen molar-refractivity contribution in [3.8, 4) is 5.75 Å². The van der Waals surface area contributed by atoms with Crippen LogP contribution in [-0.4, -0.2) is 29.0 Å². The van der Waals surface area contributed by atoms with E-state index in [1.54, 1.807) is 18.2 Å². The molecule has 1 aliphatic rings. The fourth-order valence-corrected chi connectivity index (χ4v) is 1.63. The summed E-state index contributed by atoms with van der Waals surface area (Å²) in [6.45, 7) is 0. The van der Waals surface area contributed by atoms with Crippen molar-refractivity contribution in [2.24, 2.45) is 0 Å². The van der Waals surface area contributed by atoms with E-state index in [0.29, 0.717) is 12.5 Å². The number of rotatable bonds is 3. The van der Waals surface area contributed by atoms with Crippen molar-refractivity contribution < 1.29 is 9.90 Å². The van der Waals surface area contributed by atoms with Crippen molar-refractivity contribution in [1.29, 1.82) is 0 Å². The number of carbonyl (C=O) groups is 1. The van der Waals surface area contributed by atoms with Crippen LogP contribution < -0.4 is 0 Å². The molecule has 1 N–H and O–H groups in total. The third-order valence-electron chi connectivity index (χ3n) is 2.75. The summed E-state index contributed by atoms with van der Waals surface area (Å²) >= 11 is 0. The standard InChI is InChI=1S/C12H15NO2/c1-13(10-5-6-10)12(15)8-9-3-2-4-11(14)7-9/h2-4,7,10,14H,5-6,8H2,1H3. The molecular formula is C12H15NO2. The molecule has 15 heavy (non-hydrogen) atoms. The van der Waals surface area contributed by atoms with Crippen molar-refractivity contribution in [3.05, 3.63) is 29.8 Å². The lowest BCUT2D eigenvalue weighted by molar-refractivity contribution is -0.129. The van der Waals surface area contributed by atoms with E-state index < -0.39 is 0 Å². The first kappa shape index (κ1) is 10.0. The number of hydrogen-bond donors (Lipinski definition) is 1. The number of hydrogen-bond acceptors (Lipinski definition) is 2. The molecule has 0 atom stereocenters. The summed E-state index contributed by atoms with van der Waals surface area (Å²) in [7, 11) is 1.85. The summed E-state index contributed by atoms with van der Waals surface area (Å²) in [5, 5.41) is 9.26. The summed E-state index contributed by atoms with van der Waals surface area (Å²) < 4.78 is 0. The van der Waals surface area contributed by atoms with Crippen molar-refractivity contribution >= 4 is 5.91 Å². The molecule has 0 heterocycles. The number of likely N-dealkylation sites (N-methyl/N-ethyl adjacent to an activating group) is 1. The lowest BCUT2D eigenvalue weighted by Gasteiger charge is -2.16. The normalized spacial score (nSPS) is 15.0. The molecule has 1 aromatic carbocycles. The zero-order valence-corrected chi connectivity index (χ0v) is 8.81. The van der Waals surface area contributed by atoms with Gasteiger partial charge in [-0.25, -0.2) is 0 Å². The van der Waals surface area contributed by atoms with Crippen molar-refractivity contribution in [3.63, 3.8) is 0 Å². The lowest BCUT2D eigenvalue weighted by atomic mass is 10.1. The maximum Gasteiger partial charge on any atom is 0.226 e. The Kier molecular flexibility index (Phi) is 2.62. The van der Waals surface area contributed by atoms with Gasteiger partial charge in [0.2, 0.25) is 5.91 Å². The number of nitrogens with zero attached hydrogens (tertiary/aromatic N) is 1. The Labute approximate surface area is 89.3 Å². The summed E-state index contributed by atoms with van der Waals surface area (Å²) in [5.41, 5.74) is 0.868. The zero-order chi connectivity index (χ0) is 10.8. The first-order valence-corrected chi connectivity index (χ1v) is 5.20. The van der Waals surface area contributed by atoms with Gasteiger partial charge in [-0.05, 0) is 30.5 Å². The highest BCUT2D eigenvalue weighted by atomic mass is 16.3. The minimum Gasteiger partial charge on any atom is -0.508 e. The quantitative estimate of drug-likeness (QED) is 0.813. The monoisotopic (exact) mass is 205 g/mol. The Hall–Kier alpha value is -1.51. The molecule has 1 amide bonds. The van der Waals surface area contributed by atoms with Gasteiger partial charge in [-0.15, -0.1) is 0 Å². The van der Waals surface area contributed by atoms with Crippen LogP contribution >= 0.6 is 0 Å². The molecular weight excluding hydrogens is 190 g/mol. The lowest BCUT2D eigenvalue weighted by Crippen LogP contribution is -2.30. The predicted octanol–water partition coefficient (Wildman–Crippen LogP) is 1.56. The third-order valence-corrected chi connectivity index (χ3v) is 2.75. The summed E-state index contributed by atoms with van der Waals surface area (Å²) in [6.07, 6.45) is 2.63. The summed E-state index contributed by atoms with van der Waals surface area (Å²) in [6, 6.07) is 7.32. The van der Waals surface area contributed by atoms with Gasteiger partial charge in [-0.2, -0.15) is 0 Å². The predicted molar refractivity (Wildman–Crippen MR) is 57.6 cm³/mol. The summed E-state index contributed by atoms with van der Waals surface area (Å²) in [5.74, 6) is 0.345. The average molecular weight is 205 g/mol. The molecule has 3 nitrogen and oxygen atoms in total. The maximum absolute atomic E-state index is 11.7. The van der Waals surface area contributed by atoms with Crippen LogP contribution in [0, 0.1) is 0 Å². The van der Waals surface area contributed by atoms with Crippen LogP contribution in [0.3, 0.4) is 0 Å². The van der Waals surface area contributed by atoms with E-state index in [-0.39, 0.29) is 11.7 Å². The van der Waals surface area contributed by atoms with Crippen LogP contribution in [0.2, 0.25) is 0 Å². The highest BCUT2D eigenvalue weighted by Gasteiger charge is 2.29. The van der Waals surface area contributed by atoms with Gasteiger partial charge in [0.25, 0.3) is 0 Å². The molecule has 0 aliphatic heterocycles. The fraction of sp³-hybridized carbons (Fsp3) is 0.417. The molecule has 3 heteroatoms. The number of amides is 1. The van der Waals surface area contributed by atoms with Crippen LogP contribution in [0.5, 0.6) is 5.75 Å². The van der Waals surface area contributed by atoms with Crippen LogP contribution in [0.25, 0.3) is 0 Å². The Bertz CT molecular complexity index is 372. The average Bonchev–Trinajstić information content (AvgIpc) is 2.99. The molecule has 0 bridgehead atoms. The van der Waals surface area contributed by atoms with Gasteiger partial charge in [-0.3, -0.25) is 4.79 Å². The van der Waals surface area contributed by atoms with Crippen molar-refractivity contribution in [1.82, 2.24) is 4.90 Å². The van der Waals surface area contributed by atoms with E-state index in [2.05, 4.69) is 0 Å². The van der Waals surface area contributed by atoms with Gasteiger partial charge in [0.05, 0.1) is 6.42 Å². The Morgan fingerprint density at radius 2 is 2.27 bits per heavy atom. The fourth-order valence-electron chi connectivity index (χ4n) is 1.63. The second kappa shape index (κ2) is 3.93. The van der Waals surface area contributed by atoms with Crippen molar-refractivity contribution in [2.45, 2.75) is 25.3 Å².